The second kappa shape index (κ2) is 7.75. The smallest absolute Gasteiger partial charge is 0.262 e. The van der Waals surface area contributed by atoms with Crippen LogP contribution in [0.15, 0.2) is 23.0 Å². The van der Waals surface area contributed by atoms with Crippen LogP contribution in [-0.4, -0.2) is 28.7 Å². The number of hydrogen-bond donors (Lipinski definition) is 1. The molecule has 3 aromatic rings. The van der Waals surface area contributed by atoms with Gasteiger partial charge in [0, 0.05) is 25.1 Å². The third kappa shape index (κ3) is 3.25. The number of benzene rings is 1. The molecule has 0 atom stereocenters. The van der Waals surface area contributed by atoms with Gasteiger partial charge in [-0.15, -0.1) is 11.3 Å². The van der Waals surface area contributed by atoms with Crippen molar-refractivity contribution in [2.45, 2.75) is 45.7 Å². The van der Waals surface area contributed by atoms with Gasteiger partial charge in [0.15, 0.2) is 11.5 Å². The predicted molar refractivity (Wildman–Crippen MR) is 115 cm³/mol. The lowest BCUT2D eigenvalue weighted by atomic mass is 10.1. The van der Waals surface area contributed by atoms with Gasteiger partial charge in [-0.05, 0) is 31.4 Å². The summed E-state index contributed by atoms with van der Waals surface area (Å²) < 4.78 is 13.1. The largest absolute Gasteiger partial charge is 0.486 e. The Hall–Kier alpha value is -2.87. The monoisotopic (exact) mass is 425 g/mol. The summed E-state index contributed by atoms with van der Waals surface area (Å²) in [6.07, 6.45) is 3.96. The van der Waals surface area contributed by atoms with Gasteiger partial charge in [-0.1, -0.05) is 18.6 Å². The maximum atomic E-state index is 13.1. The Labute approximate surface area is 177 Å². The van der Waals surface area contributed by atoms with Crippen LogP contribution in [0.5, 0.6) is 11.5 Å². The molecule has 1 aromatic carbocycles. The number of aromatic nitrogens is 2. The number of ether oxygens (including phenoxy) is 2. The molecule has 156 valence electrons. The van der Waals surface area contributed by atoms with Crippen LogP contribution in [0.4, 0.5) is 0 Å². The molecule has 5 rings (SSSR count). The number of nitrogens with one attached hydrogen (secondary N) is 1. The van der Waals surface area contributed by atoms with E-state index in [-0.39, 0.29) is 11.5 Å². The quantitative estimate of drug-likeness (QED) is 0.697. The first-order chi connectivity index (χ1) is 14.6. The van der Waals surface area contributed by atoms with Crippen LogP contribution in [-0.2, 0) is 19.5 Å². The molecule has 8 heteroatoms. The molecule has 30 heavy (non-hydrogen) atoms. The van der Waals surface area contributed by atoms with Gasteiger partial charge in [-0.2, -0.15) is 0 Å². The second-order valence-corrected chi connectivity index (χ2v) is 8.65. The van der Waals surface area contributed by atoms with Crippen molar-refractivity contribution in [3.63, 3.8) is 0 Å². The Bertz CT molecular complexity index is 1200. The van der Waals surface area contributed by atoms with E-state index in [0.29, 0.717) is 58.5 Å². The van der Waals surface area contributed by atoms with Crippen LogP contribution < -0.4 is 20.3 Å². The highest BCUT2D eigenvalue weighted by Crippen LogP contribution is 2.34. The molecular formula is C22H23N3O4S. The highest BCUT2D eigenvalue weighted by molar-refractivity contribution is 7.20. The normalized spacial score (nSPS) is 15.5. The molecular weight excluding hydrogens is 402 g/mol. The van der Waals surface area contributed by atoms with Crippen LogP contribution in [0.2, 0.25) is 0 Å². The van der Waals surface area contributed by atoms with Crippen molar-refractivity contribution in [3.8, 4) is 11.5 Å². The minimum atomic E-state index is -0.204. The van der Waals surface area contributed by atoms with E-state index in [0.717, 1.165) is 37.1 Å². The lowest BCUT2D eigenvalue weighted by Gasteiger charge is -2.21. The minimum absolute atomic E-state index is 0.0209. The number of aryl methyl sites for hydroxylation is 2. The molecule has 0 fully saturated rings. The van der Waals surface area contributed by atoms with Gasteiger partial charge in [0.05, 0.1) is 10.3 Å². The summed E-state index contributed by atoms with van der Waals surface area (Å²) in [6.45, 7) is 3.88. The van der Waals surface area contributed by atoms with Crippen molar-refractivity contribution >= 4 is 27.5 Å². The number of rotatable bonds is 3. The minimum Gasteiger partial charge on any atom is -0.486 e. The van der Waals surface area contributed by atoms with E-state index in [9.17, 15) is 9.59 Å². The van der Waals surface area contributed by atoms with Gasteiger partial charge in [0.1, 0.15) is 23.9 Å². The number of fused-ring (bicyclic) bond motifs is 3. The van der Waals surface area contributed by atoms with Crippen LogP contribution in [0, 0.1) is 6.92 Å². The Kier molecular flexibility index (Phi) is 4.94. The van der Waals surface area contributed by atoms with Gasteiger partial charge < -0.3 is 14.8 Å². The standard InChI is InChI=1S/C22H23N3O4S/c1-13-17-21(24-16-8-3-2-4-9-25(16)22(17)27)30-19(13)20(26)23-12-14-6-5-7-15-18(14)29-11-10-28-15/h5-7H,2-4,8-12H2,1H3,(H,23,26). The molecule has 1 N–H and O–H groups in total. The van der Waals surface area contributed by atoms with Crippen molar-refractivity contribution in [2.24, 2.45) is 0 Å². The van der Waals surface area contributed by atoms with E-state index in [2.05, 4.69) is 5.32 Å². The Morgan fingerprint density at radius 2 is 2.10 bits per heavy atom. The van der Waals surface area contributed by atoms with Gasteiger partial charge in [0.25, 0.3) is 11.5 Å². The molecule has 4 heterocycles. The number of hydrogen-bond acceptors (Lipinski definition) is 6. The molecule has 0 saturated carbocycles. The van der Waals surface area contributed by atoms with Gasteiger partial charge in [-0.25, -0.2) is 4.98 Å². The van der Waals surface area contributed by atoms with Gasteiger partial charge in [-0.3, -0.25) is 14.2 Å². The molecule has 7 nitrogen and oxygen atoms in total. The van der Waals surface area contributed by atoms with Crippen molar-refractivity contribution in [2.75, 3.05) is 13.2 Å². The van der Waals surface area contributed by atoms with E-state index in [1.807, 2.05) is 25.1 Å². The number of thiophene rings is 1. The number of carbonyl (C=O) groups excluding carboxylic acids is 1. The fraction of sp³-hybridized carbons (Fsp3) is 0.409. The summed E-state index contributed by atoms with van der Waals surface area (Å²) in [7, 11) is 0. The fourth-order valence-electron chi connectivity index (χ4n) is 4.16. The Morgan fingerprint density at radius 3 is 3.00 bits per heavy atom. The van der Waals surface area contributed by atoms with Crippen molar-refractivity contribution in [1.82, 2.24) is 14.9 Å². The van der Waals surface area contributed by atoms with Crippen LogP contribution >= 0.6 is 11.3 Å². The summed E-state index contributed by atoms with van der Waals surface area (Å²) in [5.74, 6) is 2.02. The zero-order chi connectivity index (χ0) is 20.7. The molecule has 1 amide bonds. The molecule has 0 radical (unpaired) electrons. The summed E-state index contributed by atoms with van der Waals surface area (Å²) in [5, 5.41) is 3.54. The number of amides is 1. The van der Waals surface area contributed by atoms with Crippen molar-refractivity contribution in [3.05, 3.63) is 50.4 Å². The zero-order valence-electron chi connectivity index (χ0n) is 16.8. The van der Waals surface area contributed by atoms with Crippen molar-refractivity contribution in [1.29, 1.82) is 0 Å². The first-order valence-electron chi connectivity index (χ1n) is 10.3. The van der Waals surface area contributed by atoms with E-state index in [4.69, 9.17) is 14.5 Å². The van der Waals surface area contributed by atoms with Crippen LogP contribution in [0.1, 0.15) is 45.9 Å². The van der Waals surface area contributed by atoms with E-state index >= 15 is 0 Å². The van der Waals surface area contributed by atoms with E-state index < -0.39 is 0 Å². The highest BCUT2D eigenvalue weighted by atomic mass is 32.1. The third-order valence-corrected chi connectivity index (χ3v) is 6.89. The number of nitrogens with zero attached hydrogens (tertiary/aromatic N) is 2. The first-order valence-corrected chi connectivity index (χ1v) is 11.1. The first kappa shape index (κ1) is 19.1. The van der Waals surface area contributed by atoms with Gasteiger partial charge in [0.2, 0.25) is 0 Å². The van der Waals surface area contributed by atoms with Gasteiger partial charge >= 0.3 is 0 Å². The molecule has 0 aliphatic carbocycles. The summed E-state index contributed by atoms with van der Waals surface area (Å²) in [5.41, 5.74) is 1.55. The number of carbonyl (C=O) groups is 1. The number of para-hydroxylation sites is 1. The zero-order valence-corrected chi connectivity index (χ0v) is 17.6. The SMILES string of the molecule is Cc1c(C(=O)NCc2cccc3c2OCCO3)sc2nc3n(c(=O)c12)CCCCC3. The average Bonchev–Trinajstić information content (AvgIpc) is 2.93. The topological polar surface area (TPSA) is 82.4 Å². The van der Waals surface area contributed by atoms with Crippen LogP contribution in [0.3, 0.4) is 0 Å². The van der Waals surface area contributed by atoms with Crippen molar-refractivity contribution < 1.29 is 14.3 Å². The molecule has 0 bridgehead atoms. The molecule has 0 spiro atoms. The maximum Gasteiger partial charge on any atom is 0.262 e. The molecule has 2 aliphatic heterocycles. The molecule has 2 aromatic heterocycles. The Balaban J connectivity index is 1.44. The molecule has 0 saturated heterocycles. The Morgan fingerprint density at radius 1 is 1.23 bits per heavy atom. The summed E-state index contributed by atoms with van der Waals surface area (Å²) in [4.78, 5) is 32.0. The lowest BCUT2D eigenvalue weighted by Crippen LogP contribution is -2.25. The van der Waals surface area contributed by atoms with E-state index in [1.165, 1.54) is 11.3 Å². The lowest BCUT2D eigenvalue weighted by molar-refractivity contribution is 0.0953. The maximum absolute atomic E-state index is 13.1. The summed E-state index contributed by atoms with van der Waals surface area (Å²) in [6, 6.07) is 5.66. The molecule has 2 aliphatic rings. The second-order valence-electron chi connectivity index (χ2n) is 7.66. The molecule has 0 unspecified atom stereocenters. The third-order valence-electron chi connectivity index (χ3n) is 5.70. The summed E-state index contributed by atoms with van der Waals surface area (Å²) >= 11 is 1.30. The van der Waals surface area contributed by atoms with Crippen LogP contribution in [0.25, 0.3) is 10.2 Å². The highest BCUT2D eigenvalue weighted by Gasteiger charge is 2.23. The average molecular weight is 426 g/mol. The van der Waals surface area contributed by atoms with E-state index in [1.54, 1.807) is 4.57 Å². The fourth-order valence-corrected chi connectivity index (χ4v) is 5.26. The predicted octanol–water partition coefficient (Wildman–Crippen LogP) is 3.19.